The lowest BCUT2D eigenvalue weighted by molar-refractivity contribution is 0.661. The molecule has 3 nitrogen and oxygen atoms in total. The molecule has 0 N–H and O–H groups in total. The maximum absolute atomic E-state index is 5.29. The van der Waals surface area contributed by atoms with E-state index in [1.54, 1.807) is 6.20 Å². The Morgan fingerprint density at radius 1 is 0.333 bits per heavy atom. The van der Waals surface area contributed by atoms with Gasteiger partial charge in [-0.15, -0.1) is 0 Å². The van der Waals surface area contributed by atoms with E-state index in [1.807, 2.05) is 18.3 Å². The summed E-state index contributed by atoms with van der Waals surface area (Å²) in [5.41, 5.74) is 17.2. The molecular weight excluding hydrogens is 763 g/mol. The number of aromatic nitrogens is 3. The summed E-state index contributed by atoms with van der Waals surface area (Å²) in [7, 11) is 0. The number of rotatable bonds is 6. The summed E-state index contributed by atoms with van der Waals surface area (Å²) in [4.78, 5) is 14.9. The van der Waals surface area contributed by atoms with Gasteiger partial charge in [-0.25, -0.2) is 9.97 Å². The van der Waals surface area contributed by atoms with Crippen LogP contribution < -0.4 is 0 Å². The van der Waals surface area contributed by atoms with Crippen molar-refractivity contribution in [3.8, 4) is 78.4 Å². The Bertz CT molecular complexity index is 3570. The van der Waals surface area contributed by atoms with E-state index in [0.29, 0.717) is 5.82 Å². The van der Waals surface area contributed by atoms with Crippen LogP contribution in [-0.4, -0.2) is 15.0 Å². The molecule has 0 atom stereocenters. The van der Waals surface area contributed by atoms with Gasteiger partial charge in [0, 0.05) is 34.5 Å². The summed E-state index contributed by atoms with van der Waals surface area (Å²) in [5.74, 6) is 0.695. The van der Waals surface area contributed by atoms with E-state index in [1.165, 1.54) is 66.1 Å². The van der Waals surface area contributed by atoms with Gasteiger partial charge in [0.2, 0.25) is 0 Å². The summed E-state index contributed by atoms with van der Waals surface area (Å²) in [6.07, 6.45) is 3.70. The molecule has 63 heavy (non-hydrogen) atoms. The minimum Gasteiger partial charge on any atom is -0.264 e. The highest BCUT2D eigenvalue weighted by Gasteiger charge is 2.36. The Balaban J connectivity index is 0.966. The number of pyridine rings is 1. The summed E-state index contributed by atoms with van der Waals surface area (Å²) >= 11 is 0. The highest BCUT2D eigenvalue weighted by Crippen LogP contribution is 2.51. The SMILES string of the molecule is CC1(C)c2cc(-c3ccc(-c4ccc(-c5nc(-c6ccccc6)cc(-c6ccc(-c7cccnc7)cc6)n5)c5ccccc45)c4ccccc34)ccc2-c2cc3ccccc3cc21. The van der Waals surface area contributed by atoms with Crippen molar-refractivity contribution in [2.45, 2.75) is 19.3 Å². The topological polar surface area (TPSA) is 38.7 Å². The number of hydrogen-bond donors (Lipinski definition) is 0. The van der Waals surface area contributed by atoms with E-state index in [9.17, 15) is 0 Å². The van der Waals surface area contributed by atoms with Crippen LogP contribution in [0.25, 0.3) is 111 Å². The summed E-state index contributed by atoms with van der Waals surface area (Å²) in [5, 5.41) is 7.31. The monoisotopic (exact) mass is 803 g/mol. The van der Waals surface area contributed by atoms with E-state index in [-0.39, 0.29) is 5.41 Å². The maximum Gasteiger partial charge on any atom is 0.161 e. The molecule has 2 heterocycles. The first kappa shape index (κ1) is 36.8. The highest BCUT2D eigenvalue weighted by atomic mass is 14.9. The van der Waals surface area contributed by atoms with E-state index < -0.39 is 0 Å². The molecule has 0 spiro atoms. The molecule has 0 unspecified atom stereocenters. The average molecular weight is 804 g/mol. The fourth-order valence-corrected chi connectivity index (χ4v) is 9.94. The normalized spacial score (nSPS) is 12.7. The fourth-order valence-electron chi connectivity index (χ4n) is 9.94. The zero-order chi connectivity index (χ0) is 42.1. The van der Waals surface area contributed by atoms with Crippen LogP contribution in [-0.2, 0) is 5.41 Å². The van der Waals surface area contributed by atoms with Gasteiger partial charge >= 0.3 is 0 Å². The lowest BCUT2D eigenvalue weighted by Crippen LogP contribution is -2.15. The van der Waals surface area contributed by atoms with Crippen molar-refractivity contribution < 1.29 is 0 Å². The summed E-state index contributed by atoms with van der Waals surface area (Å²) < 4.78 is 0. The van der Waals surface area contributed by atoms with Crippen LogP contribution in [0.5, 0.6) is 0 Å². The van der Waals surface area contributed by atoms with Gasteiger partial charge in [-0.2, -0.15) is 0 Å². The molecule has 1 aliphatic rings. The van der Waals surface area contributed by atoms with Gasteiger partial charge in [-0.3, -0.25) is 4.98 Å². The smallest absolute Gasteiger partial charge is 0.161 e. The van der Waals surface area contributed by atoms with Gasteiger partial charge in [0.25, 0.3) is 0 Å². The summed E-state index contributed by atoms with van der Waals surface area (Å²) in [6.45, 7) is 4.74. The summed E-state index contributed by atoms with van der Waals surface area (Å²) in [6, 6.07) is 72.4. The van der Waals surface area contributed by atoms with Crippen LogP contribution in [0.4, 0.5) is 0 Å². The Morgan fingerprint density at radius 3 is 1.49 bits per heavy atom. The van der Waals surface area contributed by atoms with Gasteiger partial charge < -0.3 is 0 Å². The molecule has 2 aromatic heterocycles. The fraction of sp³-hybridized carbons (Fsp3) is 0.0500. The maximum atomic E-state index is 5.29. The Kier molecular flexibility index (Phi) is 8.52. The average Bonchev–Trinajstić information content (AvgIpc) is 3.57. The van der Waals surface area contributed by atoms with Crippen molar-refractivity contribution in [2.24, 2.45) is 0 Å². The van der Waals surface area contributed by atoms with Crippen molar-refractivity contribution >= 4 is 32.3 Å². The molecule has 0 aliphatic heterocycles. The molecule has 12 rings (SSSR count). The second kappa shape index (κ2) is 14.6. The zero-order valence-electron chi connectivity index (χ0n) is 35.0. The van der Waals surface area contributed by atoms with E-state index in [4.69, 9.17) is 9.97 Å². The molecule has 3 heteroatoms. The first-order chi connectivity index (χ1) is 31.0. The molecule has 0 radical (unpaired) electrons. The van der Waals surface area contributed by atoms with Crippen molar-refractivity contribution in [2.75, 3.05) is 0 Å². The van der Waals surface area contributed by atoms with Gasteiger partial charge in [0.15, 0.2) is 5.82 Å². The minimum absolute atomic E-state index is 0.114. The van der Waals surface area contributed by atoms with Crippen LogP contribution in [0.3, 0.4) is 0 Å². The highest BCUT2D eigenvalue weighted by molar-refractivity contribution is 6.12. The van der Waals surface area contributed by atoms with Gasteiger partial charge in [0.1, 0.15) is 0 Å². The molecular formula is C60H41N3. The van der Waals surface area contributed by atoms with Crippen LogP contribution in [0.15, 0.2) is 213 Å². The van der Waals surface area contributed by atoms with Crippen LogP contribution in [0.1, 0.15) is 25.0 Å². The van der Waals surface area contributed by atoms with Crippen molar-refractivity contribution in [1.29, 1.82) is 0 Å². The Labute approximate surface area is 367 Å². The molecule has 0 saturated carbocycles. The number of hydrogen-bond acceptors (Lipinski definition) is 3. The Morgan fingerprint density at radius 2 is 0.825 bits per heavy atom. The predicted octanol–water partition coefficient (Wildman–Crippen LogP) is 15.6. The standard InChI is InChI=1S/C60H41N3/c1-60(2)55-35-43(26-27-52(55)54-33-41-15-6-7-16-42(41)34-56(54)60)45-28-29-50(47-19-9-8-18-46(45)47)51-30-31-53(49-21-11-10-20-48(49)51)59-62-57(39-13-4-3-5-14-39)36-58(63-59)40-24-22-38(23-25-40)44-17-12-32-61-37-44/h3-37H,1-2H3. The van der Waals surface area contributed by atoms with Gasteiger partial charge in [-0.05, 0) is 124 Å². The second-order valence-corrected chi connectivity index (χ2v) is 17.2. The molecule has 296 valence electrons. The molecule has 9 aromatic carbocycles. The lowest BCUT2D eigenvalue weighted by atomic mass is 9.80. The van der Waals surface area contributed by atoms with Crippen LogP contribution in [0.2, 0.25) is 0 Å². The van der Waals surface area contributed by atoms with E-state index >= 15 is 0 Å². The first-order valence-electron chi connectivity index (χ1n) is 21.7. The largest absolute Gasteiger partial charge is 0.264 e. The molecule has 0 amide bonds. The number of fused-ring (bicyclic) bond motifs is 6. The molecule has 11 aromatic rings. The lowest BCUT2D eigenvalue weighted by Gasteiger charge is -2.22. The predicted molar refractivity (Wildman–Crippen MR) is 263 cm³/mol. The third kappa shape index (κ3) is 6.15. The second-order valence-electron chi connectivity index (χ2n) is 17.2. The van der Waals surface area contributed by atoms with Crippen molar-refractivity contribution in [1.82, 2.24) is 15.0 Å². The van der Waals surface area contributed by atoms with Crippen LogP contribution in [0, 0.1) is 0 Å². The Hall–Kier alpha value is -8.01. The van der Waals surface area contributed by atoms with Gasteiger partial charge in [0.05, 0.1) is 11.4 Å². The molecule has 0 saturated heterocycles. The first-order valence-corrected chi connectivity index (χ1v) is 21.7. The third-order valence-corrected chi connectivity index (χ3v) is 13.2. The van der Waals surface area contributed by atoms with Crippen LogP contribution >= 0.6 is 0 Å². The molecule has 0 bridgehead atoms. The van der Waals surface area contributed by atoms with E-state index in [0.717, 1.165) is 50.0 Å². The van der Waals surface area contributed by atoms with Crippen molar-refractivity contribution in [3.63, 3.8) is 0 Å². The number of nitrogens with zero attached hydrogens (tertiary/aromatic N) is 3. The third-order valence-electron chi connectivity index (χ3n) is 13.2. The van der Waals surface area contributed by atoms with Gasteiger partial charge in [-0.1, -0.05) is 178 Å². The minimum atomic E-state index is -0.114. The molecule has 0 fully saturated rings. The quantitative estimate of drug-likeness (QED) is 0.168. The number of benzene rings is 9. The van der Waals surface area contributed by atoms with E-state index in [2.05, 4.69) is 207 Å². The van der Waals surface area contributed by atoms with Crippen molar-refractivity contribution in [3.05, 3.63) is 224 Å². The molecule has 1 aliphatic carbocycles. The zero-order valence-corrected chi connectivity index (χ0v) is 35.0.